The minimum Gasteiger partial charge on any atom is -0.497 e. The zero-order valence-corrected chi connectivity index (χ0v) is 17.6. The predicted molar refractivity (Wildman–Crippen MR) is 123 cm³/mol. The molecule has 0 spiro atoms. The smallest absolute Gasteiger partial charge is 0.191 e. The number of aromatic amines is 1. The van der Waals surface area contributed by atoms with Crippen molar-refractivity contribution in [2.45, 2.75) is 13.0 Å². The lowest BCUT2D eigenvalue weighted by Crippen LogP contribution is -2.18. The molecule has 0 aliphatic heterocycles. The third-order valence-electron chi connectivity index (χ3n) is 4.77. The maximum Gasteiger partial charge on any atom is 0.191 e. The van der Waals surface area contributed by atoms with Gasteiger partial charge in [0.05, 0.1) is 17.6 Å². The monoisotopic (exact) mass is 427 g/mol. The molecular weight excluding hydrogens is 406 g/mol. The number of aromatic nitrogens is 1. The summed E-state index contributed by atoms with van der Waals surface area (Å²) in [5.74, 6) is 1.56. The first kappa shape index (κ1) is 19.8. The van der Waals surface area contributed by atoms with Gasteiger partial charge in [0, 0.05) is 39.5 Å². The molecule has 0 saturated heterocycles. The van der Waals surface area contributed by atoms with E-state index in [1.54, 1.807) is 24.5 Å². The number of para-hydroxylation sites is 1. The van der Waals surface area contributed by atoms with E-state index in [-0.39, 0.29) is 5.43 Å². The van der Waals surface area contributed by atoms with Gasteiger partial charge in [0.25, 0.3) is 0 Å². The number of benzene rings is 2. The van der Waals surface area contributed by atoms with E-state index in [1.807, 2.05) is 42.5 Å². The van der Waals surface area contributed by atoms with Gasteiger partial charge in [-0.1, -0.05) is 23.7 Å². The molecule has 0 aliphatic rings. The lowest BCUT2D eigenvalue weighted by molar-refractivity contribution is 0.415. The summed E-state index contributed by atoms with van der Waals surface area (Å²) >= 11 is 8.24. The normalized spacial score (nSPS) is 11.2. The zero-order valence-electron chi connectivity index (χ0n) is 16.0. The number of hydrogen-bond donors (Lipinski definition) is 3. The number of pyridine rings is 1. The molecule has 0 saturated carbocycles. The molecule has 0 atom stereocenters. The molecule has 7 heteroatoms. The Hall–Kier alpha value is -2.54. The van der Waals surface area contributed by atoms with E-state index in [9.17, 15) is 4.79 Å². The van der Waals surface area contributed by atoms with Crippen LogP contribution in [0.4, 0.5) is 5.82 Å². The molecule has 5 nitrogen and oxygen atoms in total. The molecule has 150 valence electrons. The van der Waals surface area contributed by atoms with Gasteiger partial charge in [-0.2, -0.15) is 0 Å². The van der Waals surface area contributed by atoms with Crippen LogP contribution in [-0.2, 0) is 6.54 Å². The highest BCUT2D eigenvalue weighted by atomic mass is 35.5. The number of ether oxygens (including phenoxy) is 1. The molecule has 0 bridgehead atoms. The van der Waals surface area contributed by atoms with Crippen molar-refractivity contribution >= 4 is 49.7 Å². The number of methoxy groups -OCH3 is 1. The number of thiophene rings is 1. The van der Waals surface area contributed by atoms with Crippen molar-refractivity contribution in [2.75, 3.05) is 25.5 Å². The fraction of sp³-hybridized carbons (Fsp3) is 0.227. The lowest BCUT2D eigenvalue weighted by Gasteiger charge is -2.08. The maximum atomic E-state index is 12.1. The third kappa shape index (κ3) is 4.40. The van der Waals surface area contributed by atoms with Gasteiger partial charge in [-0.3, -0.25) is 4.79 Å². The second-order valence-corrected chi connectivity index (χ2v) is 8.27. The van der Waals surface area contributed by atoms with Crippen molar-refractivity contribution < 1.29 is 4.74 Å². The molecule has 0 aliphatic carbocycles. The largest absolute Gasteiger partial charge is 0.497 e. The van der Waals surface area contributed by atoms with Gasteiger partial charge in [0.1, 0.15) is 11.6 Å². The Morgan fingerprint density at radius 3 is 2.83 bits per heavy atom. The average Bonchev–Trinajstić information content (AvgIpc) is 3.05. The summed E-state index contributed by atoms with van der Waals surface area (Å²) in [7, 11) is 1.66. The average molecular weight is 428 g/mol. The van der Waals surface area contributed by atoms with Crippen LogP contribution in [0.1, 0.15) is 11.3 Å². The highest BCUT2D eigenvalue weighted by Gasteiger charge is 2.10. The standard InChI is InChI=1S/C22H22ClN3O2S/c1-28-14-7-8-19-16(11-14)22(23)20(29-19)13-24-9-4-10-25-21-12-18(27)15-5-2-3-6-17(15)26-21/h2-3,5-8,11-12,24H,4,9-10,13H2,1H3,(H2,25,26,27). The van der Waals surface area contributed by atoms with Gasteiger partial charge >= 0.3 is 0 Å². The van der Waals surface area contributed by atoms with E-state index in [4.69, 9.17) is 16.3 Å². The molecular formula is C22H22ClN3O2S. The fourth-order valence-corrected chi connectivity index (χ4v) is 4.71. The molecule has 0 radical (unpaired) electrons. The van der Waals surface area contributed by atoms with Crippen LogP contribution in [0, 0.1) is 0 Å². The minimum absolute atomic E-state index is 0.0241. The Balaban J connectivity index is 1.28. The first-order valence-corrected chi connectivity index (χ1v) is 10.7. The Labute approximate surface area is 177 Å². The van der Waals surface area contributed by atoms with Crippen molar-refractivity contribution in [3.63, 3.8) is 0 Å². The van der Waals surface area contributed by atoms with Crippen LogP contribution in [0.15, 0.2) is 53.3 Å². The van der Waals surface area contributed by atoms with Crippen molar-refractivity contribution in [3.8, 4) is 5.75 Å². The predicted octanol–water partition coefficient (Wildman–Crippen LogP) is 5.00. The van der Waals surface area contributed by atoms with Gasteiger partial charge < -0.3 is 20.4 Å². The Morgan fingerprint density at radius 1 is 1.10 bits per heavy atom. The fourth-order valence-electron chi connectivity index (χ4n) is 3.27. The van der Waals surface area contributed by atoms with Crippen LogP contribution in [0.3, 0.4) is 0 Å². The first-order chi connectivity index (χ1) is 14.2. The topological polar surface area (TPSA) is 66.2 Å². The third-order valence-corrected chi connectivity index (χ3v) is 6.48. The van der Waals surface area contributed by atoms with Gasteiger partial charge in [-0.25, -0.2) is 0 Å². The number of fused-ring (bicyclic) bond motifs is 2. The van der Waals surface area contributed by atoms with Crippen LogP contribution in [0.2, 0.25) is 5.02 Å². The summed E-state index contributed by atoms with van der Waals surface area (Å²) in [5, 5.41) is 9.27. The summed E-state index contributed by atoms with van der Waals surface area (Å²) in [6.07, 6.45) is 0.922. The lowest BCUT2D eigenvalue weighted by atomic mass is 10.2. The minimum atomic E-state index is 0.0241. The molecule has 2 aromatic carbocycles. The van der Waals surface area contributed by atoms with Crippen LogP contribution < -0.4 is 20.8 Å². The van der Waals surface area contributed by atoms with E-state index < -0.39 is 0 Å². The second-order valence-electron chi connectivity index (χ2n) is 6.75. The number of rotatable bonds is 8. The molecule has 0 amide bonds. The summed E-state index contributed by atoms with van der Waals surface area (Å²) in [5.41, 5.74) is 0.868. The number of hydrogen-bond acceptors (Lipinski definition) is 5. The van der Waals surface area contributed by atoms with Crippen molar-refractivity contribution in [3.05, 3.63) is 68.7 Å². The molecule has 3 N–H and O–H groups in total. The van der Waals surface area contributed by atoms with E-state index in [2.05, 4.69) is 15.6 Å². The summed E-state index contributed by atoms with van der Waals surface area (Å²) in [6, 6.07) is 15.1. The number of H-pyrrole nitrogens is 1. The number of nitrogens with one attached hydrogen (secondary N) is 3. The summed E-state index contributed by atoms with van der Waals surface area (Å²) < 4.78 is 6.44. The molecule has 0 unspecified atom stereocenters. The van der Waals surface area contributed by atoms with E-state index >= 15 is 0 Å². The van der Waals surface area contributed by atoms with Crippen molar-refractivity contribution in [1.29, 1.82) is 0 Å². The first-order valence-electron chi connectivity index (χ1n) is 9.47. The van der Waals surface area contributed by atoms with Gasteiger partial charge in [0.2, 0.25) is 0 Å². The molecule has 2 aromatic heterocycles. The van der Waals surface area contributed by atoms with Gasteiger partial charge in [0.15, 0.2) is 5.43 Å². The van der Waals surface area contributed by atoms with Gasteiger partial charge in [-0.15, -0.1) is 11.3 Å². The maximum absolute atomic E-state index is 12.1. The highest BCUT2D eigenvalue weighted by Crippen LogP contribution is 2.37. The quantitative estimate of drug-likeness (QED) is 0.346. The highest BCUT2D eigenvalue weighted by molar-refractivity contribution is 7.19. The summed E-state index contributed by atoms with van der Waals surface area (Å²) in [6.45, 7) is 2.34. The number of halogens is 1. The van der Waals surface area contributed by atoms with E-state index in [0.29, 0.717) is 5.39 Å². The Morgan fingerprint density at radius 2 is 1.97 bits per heavy atom. The second kappa shape index (κ2) is 8.86. The van der Waals surface area contributed by atoms with Crippen LogP contribution >= 0.6 is 22.9 Å². The van der Waals surface area contributed by atoms with E-state index in [1.165, 1.54) is 0 Å². The SMILES string of the molecule is COc1ccc2sc(CNCCCNc3cc(=O)c4ccccc4[nH]3)c(Cl)c2c1. The van der Waals surface area contributed by atoms with Crippen LogP contribution in [0.5, 0.6) is 5.75 Å². The summed E-state index contributed by atoms with van der Waals surface area (Å²) in [4.78, 5) is 16.5. The molecule has 0 fully saturated rings. The van der Waals surface area contributed by atoms with Crippen LogP contribution in [0.25, 0.3) is 21.0 Å². The number of anilines is 1. The molecule has 2 heterocycles. The van der Waals surface area contributed by atoms with E-state index in [0.717, 1.165) is 63.1 Å². The Kier molecular flexibility index (Phi) is 6.04. The molecule has 4 aromatic rings. The van der Waals surface area contributed by atoms with Crippen molar-refractivity contribution in [2.24, 2.45) is 0 Å². The molecule has 29 heavy (non-hydrogen) atoms. The van der Waals surface area contributed by atoms with Gasteiger partial charge in [-0.05, 0) is 43.3 Å². The Bertz CT molecular complexity index is 1200. The molecule has 4 rings (SSSR count). The zero-order chi connectivity index (χ0) is 20.2. The van der Waals surface area contributed by atoms with Crippen LogP contribution in [-0.4, -0.2) is 25.2 Å². The van der Waals surface area contributed by atoms with Crippen molar-refractivity contribution in [1.82, 2.24) is 10.3 Å².